The summed E-state index contributed by atoms with van der Waals surface area (Å²) in [6.07, 6.45) is 2.56. The minimum atomic E-state index is -0.112. The number of likely N-dealkylation sites (tertiary alicyclic amines) is 1. The maximum atomic E-state index is 13.9. The molecule has 1 aromatic rings. The molecule has 1 N–H and O–H groups in total. The van der Waals surface area contributed by atoms with E-state index < -0.39 is 0 Å². The summed E-state index contributed by atoms with van der Waals surface area (Å²) in [5.74, 6) is 0.617. The average Bonchev–Trinajstić information content (AvgIpc) is 2.41. The lowest BCUT2D eigenvalue weighted by atomic mass is 9.91. The monoisotopic (exact) mass is 264 g/mol. The van der Waals surface area contributed by atoms with E-state index in [1.807, 2.05) is 19.2 Å². The van der Waals surface area contributed by atoms with E-state index in [4.69, 9.17) is 0 Å². The Balaban J connectivity index is 2.09. The van der Waals surface area contributed by atoms with Gasteiger partial charge in [0.2, 0.25) is 0 Å². The van der Waals surface area contributed by atoms with Gasteiger partial charge < -0.3 is 5.32 Å². The van der Waals surface area contributed by atoms with Crippen LogP contribution < -0.4 is 5.32 Å². The van der Waals surface area contributed by atoms with E-state index in [-0.39, 0.29) is 11.9 Å². The van der Waals surface area contributed by atoms with Crippen molar-refractivity contribution in [3.63, 3.8) is 0 Å². The zero-order valence-electron chi connectivity index (χ0n) is 12.2. The predicted octanol–water partition coefficient (Wildman–Crippen LogP) is 3.21. The fourth-order valence-corrected chi connectivity index (χ4v) is 3.02. The van der Waals surface area contributed by atoms with Gasteiger partial charge in [0.15, 0.2) is 0 Å². The predicted molar refractivity (Wildman–Crippen MR) is 77.6 cm³/mol. The van der Waals surface area contributed by atoms with Crippen LogP contribution in [0.15, 0.2) is 24.3 Å². The standard InChI is InChI=1S/C16H25FN2/c1-12-7-6-10-19(13(12)2)11-16(18-3)14-8-4-5-9-15(14)17/h4-5,8-9,12-13,16,18H,6-7,10-11H2,1-3H3. The minimum absolute atomic E-state index is 0.0638. The van der Waals surface area contributed by atoms with Crippen molar-refractivity contribution < 1.29 is 4.39 Å². The highest BCUT2D eigenvalue weighted by Crippen LogP contribution is 2.26. The van der Waals surface area contributed by atoms with Crippen LogP contribution in [0.5, 0.6) is 0 Å². The van der Waals surface area contributed by atoms with Gasteiger partial charge in [0, 0.05) is 24.2 Å². The lowest BCUT2D eigenvalue weighted by Gasteiger charge is -2.39. The summed E-state index contributed by atoms with van der Waals surface area (Å²) in [6.45, 7) is 6.60. The summed E-state index contributed by atoms with van der Waals surface area (Å²) in [5, 5.41) is 3.26. The molecule has 0 amide bonds. The zero-order valence-corrected chi connectivity index (χ0v) is 12.2. The molecule has 19 heavy (non-hydrogen) atoms. The molecule has 1 heterocycles. The average molecular weight is 264 g/mol. The number of nitrogens with one attached hydrogen (secondary N) is 1. The maximum absolute atomic E-state index is 13.9. The largest absolute Gasteiger partial charge is 0.312 e. The molecule has 3 unspecified atom stereocenters. The van der Waals surface area contributed by atoms with Gasteiger partial charge in [0.05, 0.1) is 0 Å². The molecular formula is C16H25FN2. The van der Waals surface area contributed by atoms with Gasteiger partial charge >= 0.3 is 0 Å². The molecule has 0 spiro atoms. The van der Waals surface area contributed by atoms with Crippen molar-refractivity contribution in [2.24, 2.45) is 5.92 Å². The fourth-order valence-electron chi connectivity index (χ4n) is 3.02. The Morgan fingerprint density at radius 2 is 2.11 bits per heavy atom. The van der Waals surface area contributed by atoms with Crippen molar-refractivity contribution in [2.45, 2.75) is 38.8 Å². The smallest absolute Gasteiger partial charge is 0.128 e. The Morgan fingerprint density at radius 3 is 2.79 bits per heavy atom. The van der Waals surface area contributed by atoms with Crippen LogP contribution in [0.3, 0.4) is 0 Å². The number of benzene rings is 1. The molecule has 1 aromatic carbocycles. The topological polar surface area (TPSA) is 15.3 Å². The molecule has 0 bridgehead atoms. The van der Waals surface area contributed by atoms with Crippen molar-refractivity contribution in [1.29, 1.82) is 0 Å². The highest BCUT2D eigenvalue weighted by atomic mass is 19.1. The molecule has 2 rings (SSSR count). The fraction of sp³-hybridized carbons (Fsp3) is 0.625. The molecule has 3 heteroatoms. The molecule has 106 valence electrons. The van der Waals surface area contributed by atoms with Crippen LogP contribution in [0.1, 0.15) is 38.3 Å². The van der Waals surface area contributed by atoms with E-state index in [9.17, 15) is 4.39 Å². The first kappa shape index (κ1) is 14.5. The first-order valence-corrected chi connectivity index (χ1v) is 7.29. The SMILES string of the molecule is CNC(CN1CCCC(C)C1C)c1ccccc1F. The number of rotatable bonds is 4. The van der Waals surface area contributed by atoms with Gasteiger partial charge in [-0.2, -0.15) is 0 Å². The van der Waals surface area contributed by atoms with Crippen LogP contribution >= 0.6 is 0 Å². The van der Waals surface area contributed by atoms with Gasteiger partial charge in [-0.1, -0.05) is 25.1 Å². The number of hydrogen-bond donors (Lipinski definition) is 1. The summed E-state index contributed by atoms with van der Waals surface area (Å²) in [7, 11) is 1.91. The van der Waals surface area contributed by atoms with E-state index in [1.54, 1.807) is 12.1 Å². The lowest BCUT2D eigenvalue weighted by Crippen LogP contribution is -2.46. The van der Waals surface area contributed by atoms with Crippen LogP contribution in [0.25, 0.3) is 0 Å². The van der Waals surface area contributed by atoms with E-state index in [0.717, 1.165) is 24.6 Å². The first-order valence-electron chi connectivity index (χ1n) is 7.29. The molecule has 0 aromatic heterocycles. The summed E-state index contributed by atoms with van der Waals surface area (Å²) in [6, 6.07) is 7.73. The van der Waals surface area contributed by atoms with Crippen LogP contribution in [-0.2, 0) is 0 Å². The van der Waals surface area contributed by atoms with Crippen LogP contribution in [0.2, 0.25) is 0 Å². The Labute approximate surface area is 116 Å². The summed E-state index contributed by atoms with van der Waals surface area (Å²) in [4.78, 5) is 2.49. The molecular weight excluding hydrogens is 239 g/mol. The Kier molecular flexibility index (Phi) is 4.94. The Hall–Kier alpha value is -0.930. The minimum Gasteiger partial charge on any atom is -0.312 e. The molecule has 1 saturated heterocycles. The van der Waals surface area contributed by atoms with Crippen molar-refractivity contribution in [3.8, 4) is 0 Å². The van der Waals surface area contributed by atoms with E-state index >= 15 is 0 Å². The second kappa shape index (κ2) is 6.49. The summed E-state index contributed by atoms with van der Waals surface area (Å²) >= 11 is 0. The van der Waals surface area contributed by atoms with Crippen molar-refractivity contribution in [1.82, 2.24) is 10.2 Å². The van der Waals surface area contributed by atoms with Crippen molar-refractivity contribution in [3.05, 3.63) is 35.6 Å². The van der Waals surface area contributed by atoms with Gasteiger partial charge in [-0.15, -0.1) is 0 Å². The second-order valence-electron chi connectivity index (χ2n) is 5.72. The molecule has 3 atom stereocenters. The van der Waals surface area contributed by atoms with Gasteiger partial charge in [-0.3, -0.25) is 4.90 Å². The molecule has 1 aliphatic heterocycles. The third-order valence-electron chi connectivity index (χ3n) is 4.55. The molecule has 1 fully saturated rings. The van der Waals surface area contributed by atoms with Crippen LogP contribution in [0, 0.1) is 11.7 Å². The number of piperidine rings is 1. The Bertz CT molecular complexity index is 407. The van der Waals surface area contributed by atoms with E-state index in [2.05, 4.69) is 24.1 Å². The summed E-state index contributed by atoms with van der Waals surface area (Å²) < 4.78 is 13.9. The van der Waals surface area contributed by atoms with Gasteiger partial charge in [0.1, 0.15) is 5.82 Å². The van der Waals surface area contributed by atoms with Crippen molar-refractivity contribution >= 4 is 0 Å². The molecule has 2 nitrogen and oxygen atoms in total. The first-order chi connectivity index (χ1) is 9.13. The maximum Gasteiger partial charge on any atom is 0.128 e. The van der Waals surface area contributed by atoms with Gasteiger partial charge in [0.25, 0.3) is 0 Å². The quantitative estimate of drug-likeness (QED) is 0.898. The normalized spacial score (nSPS) is 26.3. The summed E-state index contributed by atoms with van der Waals surface area (Å²) in [5.41, 5.74) is 0.774. The second-order valence-corrected chi connectivity index (χ2v) is 5.72. The molecule has 0 saturated carbocycles. The van der Waals surface area contributed by atoms with Crippen LogP contribution in [0.4, 0.5) is 4.39 Å². The van der Waals surface area contributed by atoms with Gasteiger partial charge in [-0.25, -0.2) is 4.39 Å². The van der Waals surface area contributed by atoms with Gasteiger partial charge in [-0.05, 0) is 45.3 Å². The number of hydrogen-bond acceptors (Lipinski definition) is 2. The highest BCUT2D eigenvalue weighted by Gasteiger charge is 2.27. The third-order valence-corrected chi connectivity index (χ3v) is 4.55. The molecule has 0 aliphatic carbocycles. The number of nitrogens with zero attached hydrogens (tertiary/aromatic N) is 1. The zero-order chi connectivity index (χ0) is 13.8. The van der Waals surface area contributed by atoms with Crippen molar-refractivity contribution in [2.75, 3.05) is 20.1 Å². The number of halogens is 1. The van der Waals surface area contributed by atoms with Crippen LogP contribution in [-0.4, -0.2) is 31.1 Å². The highest BCUT2D eigenvalue weighted by molar-refractivity contribution is 5.21. The molecule has 0 radical (unpaired) electrons. The molecule has 1 aliphatic rings. The van der Waals surface area contributed by atoms with E-state index in [1.165, 1.54) is 12.8 Å². The number of likely N-dealkylation sites (N-methyl/N-ethyl adjacent to an activating group) is 1. The lowest BCUT2D eigenvalue weighted by molar-refractivity contribution is 0.102. The van der Waals surface area contributed by atoms with E-state index in [0.29, 0.717) is 6.04 Å². The third kappa shape index (κ3) is 3.34. The Morgan fingerprint density at radius 1 is 1.37 bits per heavy atom.